The fourth-order valence-corrected chi connectivity index (χ4v) is 2.93. The molecule has 4 atom stereocenters. The predicted octanol–water partition coefficient (Wildman–Crippen LogP) is 3.95. The van der Waals surface area contributed by atoms with Gasteiger partial charge in [-0.2, -0.15) is 5.26 Å². The second kappa shape index (κ2) is 7.68. The van der Waals surface area contributed by atoms with Crippen LogP contribution in [0.1, 0.15) is 17.9 Å². The van der Waals surface area contributed by atoms with E-state index in [1.165, 1.54) is 18.2 Å². The lowest BCUT2D eigenvalue weighted by molar-refractivity contribution is -0.00553. The zero-order valence-corrected chi connectivity index (χ0v) is 13.0. The van der Waals surface area contributed by atoms with Gasteiger partial charge in [0.1, 0.15) is 24.7 Å². The molecule has 0 radical (unpaired) electrons. The van der Waals surface area contributed by atoms with E-state index in [1.807, 2.05) is 0 Å². The zero-order chi connectivity index (χ0) is 17.0. The highest BCUT2D eigenvalue weighted by molar-refractivity contribution is 8.13. The Labute approximate surface area is 135 Å². The van der Waals surface area contributed by atoms with Gasteiger partial charge in [-0.25, -0.2) is 22.6 Å². The summed E-state index contributed by atoms with van der Waals surface area (Å²) in [6.07, 6.45) is -5.82. The van der Waals surface area contributed by atoms with Crippen LogP contribution in [0.2, 0.25) is 0 Å². The van der Waals surface area contributed by atoms with Crippen LogP contribution in [-0.4, -0.2) is 36.1 Å². The quantitative estimate of drug-likeness (QED) is 0.290. The largest absolute Gasteiger partial charge is 0.271 e. The van der Waals surface area contributed by atoms with Gasteiger partial charge in [0.15, 0.2) is 11.4 Å². The minimum absolute atomic E-state index is 0.0868. The lowest BCUT2D eigenvalue weighted by Crippen LogP contribution is -2.44. The van der Waals surface area contributed by atoms with E-state index in [1.54, 1.807) is 18.5 Å². The maximum Gasteiger partial charge on any atom is 0.183 e. The first-order chi connectivity index (χ1) is 11.0. The number of hydrogen-bond acceptors (Lipinski definition) is 3. The van der Waals surface area contributed by atoms with Gasteiger partial charge in [-0.3, -0.25) is 5.32 Å². The molecule has 3 nitrogen and oxygen atoms in total. The molecule has 1 fully saturated rings. The smallest absolute Gasteiger partial charge is 0.183 e. The number of hydrogen-bond donors (Lipinski definition) is 1. The van der Waals surface area contributed by atoms with Crippen molar-refractivity contribution >= 4 is 22.6 Å². The lowest BCUT2D eigenvalue weighted by Gasteiger charge is -2.34. The standard InChI is InChI=1S/C15H15F4N3S/c1-23-15(21-7-20)22-11-5-3-2-4-8(11)12-13(18)9(16)6-10(17)14(12)19/h2-5,9-10,12-14H,6H2,1H3,(H,21,22). The van der Waals surface area contributed by atoms with Gasteiger partial charge in [0.05, 0.1) is 11.6 Å². The summed E-state index contributed by atoms with van der Waals surface area (Å²) in [7, 11) is 0. The number of halogens is 4. The summed E-state index contributed by atoms with van der Waals surface area (Å²) in [5.41, 5.74) is 0.264. The van der Waals surface area contributed by atoms with Crippen LogP contribution in [-0.2, 0) is 0 Å². The van der Waals surface area contributed by atoms with E-state index in [0.29, 0.717) is 0 Å². The first-order valence-corrected chi connectivity index (χ1v) is 8.15. The first-order valence-electron chi connectivity index (χ1n) is 6.92. The van der Waals surface area contributed by atoms with Crippen LogP contribution in [0.5, 0.6) is 0 Å². The Morgan fingerprint density at radius 1 is 1.22 bits per heavy atom. The van der Waals surface area contributed by atoms with Crippen LogP contribution >= 0.6 is 11.8 Å². The summed E-state index contributed by atoms with van der Waals surface area (Å²) in [4.78, 5) is 4.13. The SMILES string of the molecule is CSC(=Nc1ccccc1C1C(F)C(F)CC(F)C1F)NC#N. The number of alkyl halides is 4. The third kappa shape index (κ3) is 3.78. The fraction of sp³-hybridized carbons (Fsp3) is 0.467. The number of thioether (sulfide) groups is 1. The Balaban J connectivity index is 2.45. The monoisotopic (exact) mass is 345 g/mol. The molecule has 0 amide bonds. The summed E-state index contributed by atoms with van der Waals surface area (Å²) < 4.78 is 55.7. The van der Waals surface area contributed by atoms with Crippen molar-refractivity contribution in [3.8, 4) is 6.19 Å². The van der Waals surface area contributed by atoms with E-state index in [9.17, 15) is 17.6 Å². The maximum atomic E-state index is 14.2. The predicted molar refractivity (Wildman–Crippen MR) is 82.7 cm³/mol. The van der Waals surface area contributed by atoms with Crippen molar-refractivity contribution in [1.29, 1.82) is 5.26 Å². The summed E-state index contributed by atoms with van der Waals surface area (Å²) >= 11 is 1.13. The molecule has 4 unspecified atom stereocenters. The molecule has 1 aromatic carbocycles. The van der Waals surface area contributed by atoms with E-state index < -0.39 is 37.0 Å². The summed E-state index contributed by atoms with van der Waals surface area (Å²) in [5, 5.41) is 11.2. The van der Waals surface area contributed by atoms with Crippen molar-refractivity contribution in [3.05, 3.63) is 29.8 Å². The molecule has 0 spiro atoms. The average molecular weight is 345 g/mol. The number of amidine groups is 1. The number of nitrogens with one attached hydrogen (secondary N) is 1. The minimum atomic E-state index is -2.14. The van der Waals surface area contributed by atoms with Gasteiger partial charge in [0.2, 0.25) is 0 Å². The molecule has 1 saturated carbocycles. The second-order valence-corrected chi connectivity index (χ2v) is 5.89. The normalized spacial score (nSPS) is 31.5. The van der Waals surface area contributed by atoms with Gasteiger partial charge in [0.25, 0.3) is 0 Å². The average Bonchev–Trinajstić information content (AvgIpc) is 2.54. The Bertz CT molecular complexity index is 605. The van der Waals surface area contributed by atoms with Crippen LogP contribution in [0.3, 0.4) is 0 Å². The molecule has 1 aliphatic rings. The van der Waals surface area contributed by atoms with Crippen molar-refractivity contribution < 1.29 is 17.6 Å². The number of benzene rings is 1. The summed E-state index contributed by atoms with van der Waals surface area (Å²) in [6.45, 7) is 0. The van der Waals surface area contributed by atoms with Crippen LogP contribution in [0, 0.1) is 11.5 Å². The van der Waals surface area contributed by atoms with Crippen LogP contribution in [0.15, 0.2) is 29.3 Å². The molecular weight excluding hydrogens is 330 g/mol. The van der Waals surface area contributed by atoms with Gasteiger partial charge in [-0.1, -0.05) is 30.0 Å². The fourth-order valence-electron chi connectivity index (χ4n) is 2.60. The second-order valence-electron chi connectivity index (χ2n) is 5.10. The van der Waals surface area contributed by atoms with Crippen molar-refractivity contribution in [3.63, 3.8) is 0 Å². The van der Waals surface area contributed by atoms with Gasteiger partial charge >= 0.3 is 0 Å². The number of nitriles is 1. The summed E-state index contributed by atoms with van der Waals surface area (Å²) in [6, 6.07) is 6.01. The van der Waals surface area contributed by atoms with Crippen LogP contribution < -0.4 is 5.32 Å². The molecule has 0 saturated heterocycles. The van der Waals surface area contributed by atoms with Crippen LogP contribution in [0.25, 0.3) is 0 Å². The topological polar surface area (TPSA) is 48.2 Å². The number of aliphatic imine (C=N–C) groups is 1. The zero-order valence-electron chi connectivity index (χ0n) is 12.2. The Morgan fingerprint density at radius 2 is 1.83 bits per heavy atom. The Hall–Kier alpha value is -1.75. The third-order valence-electron chi connectivity index (χ3n) is 3.70. The van der Waals surface area contributed by atoms with Gasteiger partial charge in [0, 0.05) is 6.42 Å². The van der Waals surface area contributed by atoms with E-state index in [-0.39, 0.29) is 16.4 Å². The highest BCUT2D eigenvalue weighted by Crippen LogP contribution is 2.43. The molecule has 1 N–H and O–H groups in total. The van der Waals surface area contributed by atoms with Crippen LogP contribution in [0.4, 0.5) is 23.2 Å². The molecule has 0 aliphatic heterocycles. The van der Waals surface area contributed by atoms with Crippen molar-refractivity contribution in [2.45, 2.75) is 37.0 Å². The van der Waals surface area contributed by atoms with E-state index >= 15 is 0 Å². The summed E-state index contributed by atoms with van der Waals surface area (Å²) in [5.74, 6) is -1.57. The van der Waals surface area contributed by atoms with E-state index in [0.717, 1.165) is 11.8 Å². The van der Waals surface area contributed by atoms with Crippen molar-refractivity contribution in [2.24, 2.45) is 4.99 Å². The molecule has 1 aliphatic carbocycles. The van der Waals surface area contributed by atoms with Gasteiger partial charge in [-0.05, 0) is 17.9 Å². The molecule has 2 rings (SSSR count). The lowest BCUT2D eigenvalue weighted by atomic mass is 9.78. The van der Waals surface area contributed by atoms with Gasteiger partial charge < -0.3 is 0 Å². The van der Waals surface area contributed by atoms with E-state index in [2.05, 4.69) is 10.3 Å². The third-order valence-corrected chi connectivity index (χ3v) is 4.28. The highest BCUT2D eigenvalue weighted by atomic mass is 32.2. The molecule has 124 valence electrons. The maximum absolute atomic E-state index is 14.2. The molecule has 23 heavy (non-hydrogen) atoms. The van der Waals surface area contributed by atoms with Crippen molar-refractivity contribution in [2.75, 3.05) is 6.26 Å². The Morgan fingerprint density at radius 3 is 2.39 bits per heavy atom. The number of rotatable bonds is 2. The van der Waals surface area contributed by atoms with Crippen molar-refractivity contribution in [1.82, 2.24) is 5.32 Å². The highest BCUT2D eigenvalue weighted by Gasteiger charge is 2.47. The number of nitrogens with zero attached hydrogens (tertiary/aromatic N) is 2. The molecule has 1 aromatic rings. The van der Waals surface area contributed by atoms with Gasteiger partial charge in [-0.15, -0.1) is 0 Å². The molecular formula is C15H15F4N3S. The molecule has 0 aromatic heterocycles. The Kier molecular flexibility index (Phi) is 5.88. The molecule has 0 bridgehead atoms. The number of para-hydroxylation sites is 1. The molecule has 8 heteroatoms. The first kappa shape index (κ1) is 17.6. The minimum Gasteiger partial charge on any atom is -0.271 e. The van der Waals surface area contributed by atoms with E-state index in [4.69, 9.17) is 5.26 Å². The molecule has 0 heterocycles.